The van der Waals surface area contributed by atoms with Crippen LogP contribution in [0.5, 0.6) is 0 Å². The second kappa shape index (κ2) is 14.5. The summed E-state index contributed by atoms with van der Waals surface area (Å²) in [5, 5.41) is 34.9. The minimum atomic E-state index is -0.681. The van der Waals surface area contributed by atoms with E-state index < -0.39 is 39.6 Å². The molecule has 3 aromatic rings. The Labute approximate surface area is 226 Å². The molecule has 0 aliphatic rings. The molecule has 0 fully saturated rings. The zero-order valence-corrected chi connectivity index (χ0v) is 21.8. The monoisotopic (exact) mass is 559 g/mol. The Morgan fingerprint density at radius 2 is 1.50 bits per heavy atom. The van der Waals surface area contributed by atoms with Gasteiger partial charge in [0, 0.05) is 26.0 Å². The van der Waals surface area contributed by atoms with Crippen LogP contribution in [0.1, 0.15) is 44.2 Å². The number of ether oxygens (including phenoxy) is 2. The third-order valence-electron chi connectivity index (χ3n) is 4.66. The predicted octanol–water partition coefficient (Wildman–Crippen LogP) is 1.44. The first-order chi connectivity index (χ1) is 18.9. The predicted molar refractivity (Wildman–Crippen MR) is 133 cm³/mol. The lowest BCUT2D eigenvalue weighted by atomic mass is 10.3. The van der Waals surface area contributed by atoms with Crippen molar-refractivity contribution in [1.29, 1.82) is 0 Å². The lowest BCUT2D eigenvalue weighted by Crippen LogP contribution is -2.36. The SMILES string of the molecule is CC(=O)OCC(C)n1nnnc1-c1cccc([N+](=O)[O-])n1.CC(=O)OC[C@H](C)NC(=O)c1cccc([N+](=O)[O-])n1. The van der Waals surface area contributed by atoms with Gasteiger partial charge in [-0.1, -0.05) is 0 Å². The standard InChI is InChI=1S/C11H12N6O4.C11H13N3O5/c1-7(6-21-8(2)18)16-11(13-14-15-16)9-4-3-5-10(12-9)17(19)20;1-7(6-19-8(2)15)12-11(16)9-4-3-5-10(13-9)14(17)18/h3-5,7H,6H2,1-2H3;3-5,7H,6H2,1-2H3,(H,12,16)/t;7-/m.0/s1. The van der Waals surface area contributed by atoms with Crippen LogP contribution in [0.4, 0.5) is 11.6 Å². The smallest absolute Gasteiger partial charge is 0.364 e. The van der Waals surface area contributed by atoms with Crippen molar-refractivity contribution in [3.63, 3.8) is 0 Å². The van der Waals surface area contributed by atoms with E-state index in [0.717, 1.165) is 0 Å². The number of esters is 2. The largest absolute Gasteiger partial charge is 0.464 e. The van der Waals surface area contributed by atoms with Gasteiger partial charge in [-0.25, -0.2) is 4.68 Å². The van der Waals surface area contributed by atoms with E-state index in [1.165, 1.54) is 48.9 Å². The van der Waals surface area contributed by atoms with Crippen molar-refractivity contribution < 1.29 is 33.7 Å². The molecule has 0 saturated heterocycles. The second-order valence-corrected chi connectivity index (χ2v) is 8.05. The van der Waals surface area contributed by atoms with Crippen LogP contribution >= 0.6 is 0 Å². The first-order valence-corrected chi connectivity index (χ1v) is 11.5. The molecule has 0 aliphatic carbocycles. The Morgan fingerprint density at radius 1 is 0.925 bits per heavy atom. The molecule has 0 spiro atoms. The Morgan fingerprint density at radius 3 is 2.10 bits per heavy atom. The van der Waals surface area contributed by atoms with Crippen LogP contribution in [0.25, 0.3) is 11.5 Å². The van der Waals surface area contributed by atoms with Gasteiger partial charge in [0.2, 0.25) is 17.2 Å². The highest BCUT2D eigenvalue weighted by Crippen LogP contribution is 2.19. The van der Waals surface area contributed by atoms with E-state index in [1.807, 2.05) is 0 Å². The average molecular weight is 559 g/mol. The number of tetrazole rings is 1. The molecule has 3 rings (SSSR count). The second-order valence-electron chi connectivity index (χ2n) is 8.05. The van der Waals surface area contributed by atoms with Gasteiger partial charge in [0.15, 0.2) is 0 Å². The molecule has 3 aromatic heterocycles. The number of nitrogens with one attached hydrogen (secondary N) is 1. The summed E-state index contributed by atoms with van der Waals surface area (Å²) in [7, 11) is 0. The topological polar surface area (TPSA) is 237 Å². The third kappa shape index (κ3) is 9.47. The van der Waals surface area contributed by atoms with E-state index in [9.17, 15) is 34.6 Å². The van der Waals surface area contributed by atoms with E-state index in [0.29, 0.717) is 0 Å². The van der Waals surface area contributed by atoms with Crippen molar-refractivity contribution in [2.75, 3.05) is 13.2 Å². The summed E-state index contributed by atoms with van der Waals surface area (Å²) in [6.07, 6.45) is 0. The molecule has 1 amide bonds. The highest BCUT2D eigenvalue weighted by Gasteiger charge is 2.21. The number of carbonyl (C=O) groups is 3. The molecule has 3 heterocycles. The van der Waals surface area contributed by atoms with Gasteiger partial charge in [0.1, 0.15) is 13.2 Å². The summed E-state index contributed by atoms with van der Waals surface area (Å²) >= 11 is 0. The first-order valence-electron chi connectivity index (χ1n) is 11.5. The van der Waals surface area contributed by atoms with Gasteiger partial charge >= 0.3 is 23.6 Å². The molecule has 1 unspecified atom stereocenters. The Balaban J connectivity index is 0.000000282. The van der Waals surface area contributed by atoms with Crippen LogP contribution in [-0.2, 0) is 19.1 Å². The fourth-order valence-corrected chi connectivity index (χ4v) is 2.85. The van der Waals surface area contributed by atoms with E-state index in [-0.39, 0.29) is 42.3 Å². The molecule has 0 radical (unpaired) electrons. The summed E-state index contributed by atoms with van der Waals surface area (Å²) < 4.78 is 11.0. The summed E-state index contributed by atoms with van der Waals surface area (Å²) in [5.41, 5.74) is 0.202. The number of aromatic nitrogens is 6. The fourth-order valence-electron chi connectivity index (χ4n) is 2.85. The number of hydrogen-bond donors (Lipinski definition) is 1. The van der Waals surface area contributed by atoms with Gasteiger partial charge in [0.05, 0.1) is 12.1 Å². The van der Waals surface area contributed by atoms with Crippen LogP contribution in [0.15, 0.2) is 36.4 Å². The Bertz CT molecular complexity index is 1380. The molecule has 18 nitrogen and oxygen atoms in total. The highest BCUT2D eigenvalue weighted by atomic mass is 16.6. The normalized spacial score (nSPS) is 11.7. The van der Waals surface area contributed by atoms with Crippen molar-refractivity contribution in [2.24, 2.45) is 0 Å². The van der Waals surface area contributed by atoms with Crippen LogP contribution in [0.2, 0.25) is 0 Å². The molecule has 18 heteroatoms. The number of rotatable bonds is 10. The fraction of sp³-hybridized carbons (Fsp3) is 0.364. The maximum atomic E-state index is 11.7. The molecule has 0 bridgehead atoms. The van der Waals surface area contributed by atoms with Crippen LogP contribution in [-0.4, -0.2) is 77.1 Å². The van der Waals surface area contributed by atoms with Gasteiger partial charge in [-0.15, -0.1) is 5.10 Å². The van der Waals surface area contributed by atoms with Crippen molar-refractivity contribution in [3.05, 3.63) is 62.3 Å². The lowest BCUT2D eigenvalue weighted by molar-refractivity contribution is -0.389. The molecule has 212 valence electrons. The van der Waals surface area contributed by atoms with E-state index in [1.54, 1.807) is 19.9 Å². The maximum absolute atomic E-state index is 11.7. The highest BCUT2D eigenvalue weighted by molar-refractivity contribution is 5.92. The number of hydrogen-bond acceptors (Lipinski definition) is 14. The summed E-state index contributed by atoms with van der Waals surface area (Å²) in [6.45, 7) is 6.06. The average Bonchev–Trinajstić information content (AvgIpc) is 3.41. The number of amides is 1. The summed E-state index contributed by atoms with van der Waals surface area (Å²) in [4.78, 5) is 60.6. The molecule has 2 atom stereocenters. The number of carbonyl (C=O) groups excluding carboxylic acids is 3. The van der Waals surface area contributed by atoms with E-state index in [2.05, 4.69) is 30.8 Å². The molecule has 0 aliphatic heterocycles. The molecule has 0 saturated carbocycles. The molecule has 1 N–H and O–H groups in total. The van der Waals surface area contributed by atoms with Gasteiger partial charge in [-0.05, 0) is 68.4 Å². The van der Waals surface area contributed by atoms with Crippen molar-refractivity contribution in [2.45, 2.75) is 39.8 Å². The Hall–Kier alpha value is -5.42. The zero-order valence-electron chi connectivity index (χ0n) is 21.8. The van der Waals surface area contributed by atoms with Gasteiger partial charge in [0.25, 0.3) is 5.91 Å². The maximum Gasteiger partial charge on any atom is 0.364 e. The number of nitrogens with zero attached hydrogens (tertiary/aromatic N) is 8. The summed E-state index contributed by atoms with van der Waals surface area (Å²) in [5.74, 6) is -1.86. The first kappa shape index (κ1) is 30.8. The van der Waals surface area contributed by atoms with Gasteiger partial charge < -0.3 is 35.0 Å². The Kier molecular flexibility index (Phi) is 11.2. The minimum Gasteiger partial charge on any atom is -0.464 e. The summed E-state index contributed by atoms with van der Waals surface area (Å²) in [6, 6.07) is 7.51. The van der Waals surface area contributed by atoms with Crippen LogP contribution < -0.4 is 5.32 Å². The number of pyridine rings is 2. The van der Waals surface area contributed by atoms with Gasteiger partial charge in [-0.3, -0.25) is 14.4 Å². The quantitative estimate of drug-likeness (QED) is 0.210. The van der Waals surface area contributed by atoms with Crippen LogP contribution in [0, 0.1) is 20.2 Å². The molecule has 0 aromatic carbocycles. The minimum absolute atomic E-state index is 0.0238. The van der Waals surface area contributed by atoms with Gasteiger partial charge in [-0.2, -0.15) is 0 Å². The zero-order chi connectivity index (χ0) is 29.8. The van der Waals surface area contributed by atoms with Crippen molar-refractivity contribution >= 4 is 29.5 Å². The van der Waals surface area contributed by atoms with Crippen molar-refractivity contribution in [3.8, 4) is 11.5 Å². The molecular formula is C22H25N9O9. The van der Waals surface area contributed by atoms with Crippen molar-refractivity contribution in [1.82, 2.24) is 35.5 Å². The molecule has 40 heavy (non-hydrogen) atoms. The third-order valence-corrected chi connectivity index (χ3v) is 4.66. The van der Waals surface area contributed by atoms with E-state index in [4.69, 9.17) is 9.47 Å². The lowest BCUT2D eigenvalue weighted by Gasteiger charge is -2.11. The number of nitro groups is 2. The van der Waals surface area contributed by atoms with Crippen LogP contribution in [0.3, 0.4) is 0 Å². The molecular weight excluding hydrogens is 534 g/mol. The van der Waals surface area contributed by atoms with E-state index >= 15 is 0 Å².